The summed E-state index contributed by atoms with van der Waals surface area (Å²) in [4.78, 5) is 13.4. The van der Waals surface area contributed by atoms with Gasteiger partial charge in [0.1, 0.15) is 0 Å². The lowest BCUT2D eigenvalue weighted by Gasteiger charge is -2.28. The Bertz CT molecular complexity index is 476. The van der Waals surface area contributed by atoms with Crippen LogP contribution in [0.15, 0.2) is 35.2 Å². The zero-order valence-corrected chi connectivity index (χ0v) is 12.6. The Morgan fingerprint density at radius 2 is 1.90 bits per heavy atom. The van der Waals surface area contributed by atoms with Crippen molar-refractivity contribution in [2.24, 2.45) is 5.73 Å². The minimum atomic E-state index is -3.05. The highest BCUT2D eigenvalue weighted by Crippen LogP contribution is 2.45. The maximum Gasteiger partial charge on any atom is 0.277 e. The first-order valence-corrected chi connectivity index (χ1v) is 7.89. The average Bonchev–Trinajstić information content (AvgIpc) is 2.96. The van der Waals surface area contributed by atoms with Crippen molar-refractivity contribution in [2.75, 3.05) is 13.1 Å². The molecule has 0 saturated heterocycles. The predicted octanol–water partition coefficient (Wildman–Crippen LogP) is 2.80. The third-order valence-corrected chi connectivity index (χ3v) is 5.18. The minimum absolute atomic E-state index is 0.304. The normalized spacial score (nSPS) is 17.7. The van der Waals surface area contributed by atoms with Gasteiger partial charge in [0.2, 0.25) is 5.91 Å². The van der Waals surface area contributed by atoms with E-state index < -0.39 is 23.8 Å². The van der Waals surface area contributed by atoms with Gasteiger partial charge < -0.3 is 11.1 Å². The molecule has 1 aliphatic carbocycles. The summed E-state index contributed by atoms with van der Waals surface area (Å²) in [5.74, 6) is -3.35. The van der Waals surface area contributed by atoms with Crippen LogP contribution in [0.5, 0.6) is 0 Å². The number of halogens is 2. The molecule has 0 unspecified atom stereocenters. The number of nitrogens with one attached hydrogen (secondary N) is 1. The van der Waals surface area contributed by atoms with Gasteiger partial charge in [0.25, 0.3) is 5.92 Å². The Labute approximate surface area is 127 Å². The number of amides is 1. The van der Waals surface area contributed by atoms with Crippen molar-refractivity contribution in [3.05, 3.63) is 30.3 Å². The Kier molecular flexibility index (Phi) is 5.22. The molecule has 2 rings (SSSR count). The molecule has 3 nitrogen and oxygen atoms in total. The number of alkyl halides is 2. The molecule has 0 aromatic heterocycles. The first-order valence-electron chi connectivity index (χ1n) is 7.08. The molecule has 6 heteroatoms. The predicted molar refractivity (Wildman–Crippen MR) is 80.5 cm³/mol. The van der Waals surface area contributed by atoms with Crippen molar-refractivity contribution in [3.8, 4) is 0 Å². The minimum Gasteiger partial charge on any atom is -0.349 e. The maximum absolute atomic E-state index is 13.2. The molecule has 116 valence electrons. The number of nitrogens with two attached hydrogens (primary N) is 1. The largest absolute Gasteiger partial charge is 0.349 e. The number of carbonyl (C=O) groups excluding carboxylic acids is 1. The van der Waals surface area contributed by atoms with Gasteiger partial charge in [-0.05, 0) is 25.0 Å². The summed E-state index contributed by atoms with van der Waals surface area (Å²) in [5, 5.41) is 2.39. The van der Waals surface area contributed by atoms with Crippen LogP contribution in [-0.4, -0.2) is 29.7 Å². The molecular weight excluding hydrogens is 294 g/mol. The molecule has 3 N–H and O–H groups in total. The van der Waals surface area contributed by atoms with E-state index in [0.717, 1.165) is 17.7 Å². The second kappa shape index (κ2) is 6.75. The Morgan fingerprint density at radius 3 is 2.48 bits per heavy atom. The van der Waals surface area contributed by atoms with Crippen molar-refractivity contribution < 1.29 is 13.6 Å². The summed E-state index contributed by atoms with van der Waals surface area (Å²) >= 11 is 1.48. The molecule has 0 aliphatic heterocycles. The van der Waals surface area contributed by atoms with Crippen molar-refractivity contribution in [1.29, 1.82) is 0 Å². The third-order valence-electron chi connectivity index (χ3n) is 3.69. The smallest absolute Gasteiger partial charge is 0.277 e. The van der Waals surface area contributed by atoms with Crippen LogP contribution in [0.4, 0.5) is 8.78 Å². The maximum atomic E-state index is 13.2. The van der Waals surface area contributed by atoms with Gasteiger partial charge in [-0.1, -0.05) is 31.0 Å². The molecule has 1 amide bonds. The van der Waals surface area contributed by atoms with E-state index in [4.69, 9.17) is 5.73 Å². The first-order chi connectivity index (χ1) is 9.97. The van der Waals surface area contributed by atoms with Crippen LogP contribution in [0.2, 0.25) is 0 Å². The van der Waals surface area contributed by atoms with Gasteiger partial charge in [0.15, 0.2) is 0 Å². The van der Waals surface area contributed by atoms with Crippen molar-refractivity contribution in [1.82, 2.24) is 5.32 Å². The van der Waals surface area contributed by atoms with Gasteiger partial charge in [0.05, 0.1) is 17.8 Å². The van der Waals surface area contributed by atoms with Crippen LogP contribution in [-0.2, 0) is 4.79 Å². The van der Waals surface area contributed by atoms with Crippen LogP contribution in [0, 0.1) is 0 Å². The average molecular weight is 314 g/mol. The highest BCUT2D eigenvalue weighted by atomic mass is 32.2. The van der Waals surface area contributed by atoms with E-state index in [-0.39, 0.29) is 5.91 Å². The molecule has 0 radical (unpaired) electrons. The van der Waals surface area contributed by atoms with Crippen LogP contribution in [0.1, 0.15) is 25.7 Å². The molecule has 0 bridgehead atoms. The molecule has 1 fully saturated rings. The molecule has 0 heterocycles. The fourth-order valence-electron chi connectivity index (χ4n) is 2.48. The summed E-state index contributed by atoms with van der Waals surface area (Å²) in [6.07, 6.45) is 3.32. The van der Waals surface area contributed by atoms with E-state index in [0.29, 0.717) is 12.8 Å². The lowest BCUT2D eigenvalue weighted by Crippen LogP contribution is -2.48. The van der Waals surface area contributed by atoms with Crippen LogP contribution >= 0.6 is 11.8 Å². The standard InChI is InChI=1S/C15H20F2N2OS/c16-15(17,10-18)11-19-13(20)14(8-4-5-9-14)21-12-6-2-1-3-7-12/h1-3,6-7H,4-5,8-11,18H2,(H,19,20). The van der Waals surface area contributed by atoms with Crippen molar-refractivity contribution >= 4 is 17.7 Å². The number of carbonyl (C=O) groups is 1. The van der Waals surface area contributed by atoms with Gasteiger partial charge in [-0.2, -0.15) is 0 Å². The molecule has 1 saturated carbocycles. The van der Waals surface area contributed by atoms with Gasteiger partial charge in [-0.15, -0.1) is 11.8 Å². The summed E-state index contributed by atoms with van der Waals surface area (Å²) in [5.41, 5.74) is 5.00. The van der Waals surface area contributed by atoms with Gasteiger partial charge in [-0.25, -0.2) is 8.78 Å². The number of hydrogen-bond donors (Lipinski definition) is 2. The Morgan fingerprint density at radius 1 is 1.29 bits per heavy atom. The number of benzene rings is 1. The lowest BCUT2D eigenvalue weighted by atomic mass is 10.1. The van der Waals surface area contributed by atoms with Crippen LogP contribution < -0.4 is 11.1 Å². The quantitative estimate of drug-likeness (QED) is 0.849. The van der Waals surface area contributed by atoms with E-state index in [2.05, 4.69) is 5.32 Å². The van der Waals surface area contributed by atoms with Crippen LogP contribution in [0.3, 0.4) is 0 Å². The van der Waals surface area contributed by atoms with Gasteiger partial charge >= 0.3 is 0 Å². The monoisotopic (exact) mass is 314 g/mol. The van der Waals surface area contributed by atoms with E-state index in [9.17, 15) is 13.6 Å². The molecule has 1 aromatic rings. The molecule has 1 aliphatic rings. The Hall–Kier alpha value is -1.14. The van der Waals surface area contributed by atoms with E-state index >= 15 is 0 Å². The Balaban J connectivity index is 2.05. The molecule has 0 atom stereocenters. The van der Waals surface area contributed by atoms with E-state index in [1.165, 1.54) is 11.8 Å². The van der Waals surface area contributed by atoms with Crippen molar-refractivity contribution in [3.63, 3.8) is 0 Å². The molecule has 1 aromatic carbocycles. The number of thioether (sulfide) groups is 1. The summed E-state index contributed by atoms with van der Waals surface area (Å²) < 4.78 is 25.8. The topological polar surface area (TPSA) is 55.1 Å². The number of hydrogen-bond acceptors (Lipinski definition) is 3. The fourth-order valence-corrected chi connectivity index (χ4v) is 3.88. The molecule has 0 spiro atoms. The first kappa shape index (κ1) is 16.2. The SMILES string of the molecule is NCC(F)(F)CNC(=O)C1(Sc2ccccc2)CCCC1. The molecular formula is C15H20F2N2OS. The number of rotatable bonds is 6. The highest BCUT2D eigenvalue weighted by Gasteiger charge is 2.43. The summed E-state index contributed by atoms with van der Waals surface area (Å²) in [6, 6.07) is 9.60. The zero-order chi connectivity index (χ0) is 15.3. The van der Waals surface area contributed by atoms with Gasteiger partial charge in [-0.3, -0.25) is 4.79 Å². The second-order valence-electron chi connectivity index (χ2n) is 5.36. The lowest BCUT2D eigenvalue weighted by molar-refractivity contribution is -0.125. The van der Waals surface area contributed by atoms with Crippen molar-refractivity contribution in [2.45, 2.75) is 41.2 Å². The summed E-state index contributed by atoms with van der Waals surface area (Å²) in [7, 11) is 0. The summed E-state index contributed by atoms with van der Waals surface area (Å²) in [6.45, 7) is -1.45. The van der Waals surface area contributed by atoms with Crippen LogP contribution in [0.25, 0.3) is 0 Å². The van der Waals surface area contributed by atoms with E-state index in [1.54, 1.807) is 0 Å². The van der Waals surface area contributed by atoms with Gasteiger partial charge in [0, 0.05) is 4.90 Å². The third kappa shape index (κ3) is 4.17. The van der Waals surface area contributed by atoms with E-state index in [1.807, 2.05) is 30.3 Å². The second-order valence-corrected chi connectivity index (χ2v) is 6.82. The highest BCUT2D eigenvalue weighted by molar-refractivity contribution is 8.01. The molecule has 21 heavy (non-hydrogen) atoms. The zero-order valence-electron chi connectivity index (χ0n) is 11.8. The fraction of sp³-hybridized carbons (Fsp3) is 0.533.